The molecule has 0 radical (unpaired) electrons. The SMILES string of the molecule is CC(C)C[C@H](NC(=O)C(=O)Nc1cccc2ccccc12)C(=O)NC(CC(=O)O)C(=O)CF. The van der Waals surface area contributed by atoms with Gasteiger partial charge in [0.15, 0.2) is 5.78 Å². The number of hydrogen-bond donors (Lipinski definition) is 4. The van der Waals surface area contributed by atoms with Crippen LogP contribution in [0.15, 0.2) is 42.5 Å². The minimum atomic E-state index is -1.59. The highest BCUT2D eigenvalue weighted by molar-refractivity contribution is 6.40. The van der Waals surface area contributed by atoms with E-state index in [2.05, 4.69) is 16.0 Å². The van der Waals surface area contributed by atoms with Gasteiger partial charge in [0, 0.05) is 11.1 Å². The lowest BCUT2D eigenvalue weighted by Crippen LogP contribution is -2.54. The molecular formula is C23H26FN3O6. The van der Waals surface area contributed by atoms with Crippen LogP contribution < -0.4 is 16.0 Å². The molecule has 4 N–H and O–H groups in total. The van der Waals surface area contributed by atoms with Crippen molar-refractivity contribution in [3.05, 3.63) is 42.5 Å². The van der Waals surface area contributed by atoms with Crippen LogP contribution in [0.1, 0.15) is 26.7 Å². The first kappa shape index (κ1) is 25.4. The minimum absolute atomic E-state index is 0.0999. The van der Waals surface area contributed by atoms with Crippen LogP contribution in [0.2, 0.25) is 0 Å². The zero-order valence-corrected chi connectivity index (χ0v) is 18.3. The standard InChI is InChI=1S/C23H26FN3O6/c1-13(2)10-18(21(31)26-17(11-20(29)30)19(28)12-24)27-23(33)22(32)25-16-9-5-7-14-6-3-4-8-15(14)16/h3-9,13,17-18H,10-12H2,1-2H3,(H,25,32)(H,26,31)(H,27,33)(H,29,30)/t17?,18-/m0/s1. The number of nitrogens with one attached hydrogen (secondary N) is 3. The lowest BCUT2D eigenvalue weighted by atomic mass is 10.0. The van der Waals surface area contributed by atoms with Crippen LogP contribution in [0.25, 0.3) is 10.8 Å². The number of carbonyl (C=O) groups is 5. The molecule has 2 atom stereocenters. The van der Waals surface area contributed by atoms with Crippen LogP contribution in [0.5, 0.6) is 0 Å². The number of carboxylic acid groups (broad SMARTS) is 1. The molecular weight excluding hydrogens is 433 g/mol. The molecule has 176 valence electrons. The predicted octanol–water partition coefficient (Wildman–Crippen LogP) is 1.81. The van der Waals surface area contributed by atoms with E-state index in [4.69, 9.17) is 5.11 Å². The highest BCUT2D eigenvalue weighted by Gasteiger charge is 2.30. The number of rotatable bonds is 10. The molecule has 0 aromatic heterocycles. The summed E-state index contributed by atoms with van der Waals surface area (Å²) in [6.45, 7) is 2.08. The van der Waals surface area contributed by atoms with Crippen LogP contribution >= 0.6 is 0 Å². The number of halogens is 1. The fourth-order valence-corrected chi connectivity index (χ4v) is 3.23. The first-order valence-corrected chi connectivity index (χ1v) is 10.3. The summed E-state index contributed by atoms with van der Waals surface area (Å²) in [6, 6.07) is 9.62. The van der Waals surface area contributed by atoms with E-state index in [0.717, 1.165) is 10.8 Å². The number of carbonyl (C=O) groups excluding carboxylic acids is 4. The van der Waals surface area contributed by atoms with Crippen molar-refractivity contribution in [2.75, 3.05) is 12.0 Å². The van der Waals surface area contributed by atoms with E-state index in [-0.39, 0.29) is 12.3 Å². The second-order valence-electron chi connectivity index (χ2n) is 7.90. The average molecular weight is 459 g/mol. The van der Waals surface area contributed by atoms with Crippen LogP contribution in [0.3, 0.4) is 0 Å². The summed E-state index contributed by atoms with van der Waals surface area (Å²) in [6.07, 6.45) is -0.707. The molecule has 2 rings (SSSR count). The topological polar surface area (TPSA) is 142 Å². The van der Waals surface area contributed by atoms with Crippen LogP contribution in [0, 0.1) is 5.92 Å². The van der Waals surface area contributed by atoms with Crippen molar-refractivity contribution in [3.8, 4) is 0 Å². The molecule has 3 amide bonds. The summed E-state index contributed by atoms with van der Waals surface area (Å²) in [7, 11) is 0. The molecule has 1 unspecified atom stereocenters. The number of fused-ring (bicyclic) bond motifs is 1. The largest absolute Gasteiger partial charge is 0.481 e. The summed E-state index contributed by atoms with van der Waals surface area (Å²) in [5.41, 5.74) is 0.410. The smallest absolute Gasteiger partial charge is 0.313 e. The predicted molar refractivity (Wildman–Crippen MR) is 119 cm³/mol. The molecule has 0 aliphatic rings. The molecule has 0 saturated carbocycles. The van der Waals surface area contributed by atoms with Crippen molar-refractivity contribution in [2.45, 2.75) is 38.8 Å². The van der Waals surface area contributed by atoms with E-state index in [1.54, 1.807) is 38.1 Å². The Morgan fingerprint density at radius 3 is 2.21 bits per heavy atom. The lowest BCUT2D eigenvalue weighted by Gasteiger charge is -2.22. The van der Waals surface area contributed by atoms with E-state index >= 15 is 0 Å². The van der Waals surface area contributed by atoms with Gasteiger partial charge in [0.05, 0.1) is 6.42 Å². The van der Waals surface area contributed by atoms with Gasteiger partial charge in [-0.05, 0) is 23.8 Å². The maximum Gasteiger partial charge on any atom is 0.313 e. The van der Waals surface area contributed by atoms with Gasteiger partial charge < -0.3 is 21.1 Å². The molecule has 33 heavy (non-hydrogen) atoms. The highest BCUT2D eigenvalue weighted by Crippen LogP contribution is 2.22. The van der Waals surface area contributed by atoms with Gasteiger partial charge >= 0.3 is 17.8 Å². The summed E-state index contributed by atoms with van der Waals surface area (Å²) in [5, 5.41) is 17.5. The average Bonchev–Trinajstić information content (AvgIpc) is 2.77. The molecule has 0 heterocycles. The Balaban J connectivity index is 2.13. The number of hydrogen-bond acceptors (Lipinski definition) is 5. The number of alkyl halides is 1. The molecule has 2 aromatic rings. The molecule has 9 nitrogen and oxygen atoms in total. The summed E-state index contributed by atoms with van der Waals surface area (Å²) < 4.78 is 12.8. The lowest BCUT2D eigenvalue weighted by molar-refractivity contribution is -0.141. The van der Waals surface area contributed by atoms with Crippen molar-refractivity contribution >= 4 is 45.9 Å². The zero-order chi connectivity index (χ0) is 24.5. The third-order valence-corrected chi connectivity index (χ3v) is 4.79. The van der Waals surface area contributed by atoms with Crippen molar-refractivity contribution in [1.29, 1.82) is 0 Å². The first-order valence-electron chi connectivity index (χ1n) is 10.3. The summed E-state index contributed by atoms with van der Waals surface area (Å²) >= 11 is 0. The Hall–Kier alpha value is -3.82. The molecule has 0 aliphatic heterocycles. The van der Waals surface area contributed by atoms with E-state index in [1.807, 2.05) is 18.2 Å². The van der Waals surface area contributed by atoms with Gasteiger partial charge in [-0.2, -0.15) is 0 Å². The normalized spacial score (nSPS) is 12.6. The molecule has 0 spiro atoms. The maximum absolute atomic E-state index is 12.8. The zero-order valence-electron chi connectivity index (χ0n) is 18.3. The second-order valence-corrected chi connectivity index (χ2v) is 7.90. The van der Waals surface area contributed by atoms with Crippen molar-refractivity contribution in [3.63, 3.8) is 0 Å². The molecule has 0 saturated heterocycles. The summed E-state index contributed by atoms with van der Waals surface area (Å²) in [5.74, 6) is -5.58. The van der Waals surface area contributed by atoms with Crippen molar-refractivity contribution < 1.29 is 33.5 Å². The Kier molecular flexibility index (Phi) is 9.02. The van der Waals surface area contributed by atoms with E-state index in [9.17, 15) is 28.4 Å². The Morgan fingerprint density at radius 2 is 1.58 bits per heavy atom. The molecule has 2 aromatic carbocycles. The molecule has 0 fully saturated rings. The Labute approximate surface area is 189 Å². The van der Waals surface area contributed by atoms with Crippen molar-refractivity contribution in [1.82, 2.24) is 10.6 Å². The Bertz CT molecular complexity index is 1050. The fourth-order valence-electron chi connectivity index (χ4n) is 3.23. The molecule has 0 aliphatic carbocycles. The number of benzene rings is 2. The van der Waals surface area contributed by atoms with E-state index in [1.165, 1.54) is 0 Å². The van der Waals surface area contributed by atoms with Gasteiger partial charge in [-0.15, -0.1) is 0 Å². The second kappa shape index (κ2) is 11.7. The number of ketones is 1. The number of Topliss-reactive ketones (excluding diaryl/α,β-unsaturated/α-hetero) is 1. The van der Waals surface area contributed by atoms with Crippen LogP contribution in [0.4, 0.5) is 10.1 Å². The third-order valence-electron chi connectivity index (χ3n) is 4.79. The van der Waals surface area contributed by atoms with Gasteiger partial charge in [-0.25, -0.2) is 4.39 Å². The monoisotopic (exact) mass is 459 g/mol. The van der Waals surface area contributed by atoms with Crippen LogP contribution in [-0.2, 0) is 24.0 Å². The number of amides is 3. The van der Waals surface area contributed by atoms with Crippen molar-refractivity contribution in [2.24, 2.45) is 5.92 Å². The van der Waals surface area contributed by atoms with Gasteiger partial charge in [0.2, 0.25) is 5.91 Å². The summed E-state index contributed by atoms with van der Waals surface area (Å²) in [4.78, 5) is 60.3. The first-order chi connectivity index (χ1) is 15.6. The van der Waals surface area contributed by atoms with Gasteiger partial charge in [0.25, 0.3) is 0 Å². The Morgan fingerprint density at radius 1 is 0.909 bits per heavy atom. The number of aliphatic carboxylic acids is 1. The fraction of sp³-hybridized carbons (Fsp3) is 0.348. The minimum Gasteiger partial charge on any atom is -0.481 e. The van der Waals surface area contributed by atoms with E-state index < -0.39 is 54.7 Å². The quantitative estimate of drug-likeness (QED) is 0.399. The molecule has 10 heteroatoms. The van der Waals surface area contributed by atoms with Gasteiger partial charge in [0.1, 0.15) is 18.8 Å². The number of carboxylic acids is 1. The van der Waals surface area contributed by atoms with Gasteiger partial charge in [-0.1, -0.05) is 50.2 Å². The van der Waals surface area contributed by atoms with E-state index in [0.29, 0.717) is 5.69 Å². The number of anilines is 1. The highest BCUT2D eigenvalue weighted by atomic mass is 19.1. The molecule has 0 bridgehead atoms. The van der Waals surface area contributed by atoms with Crippen LogP contribution in [-0.4, -0.2) is 53.3 Å². The maximum atomic E-state index is 12.8. The third kappa shape index (κ3) is 7.37. The van der Waals surface area contributed by atoms with Gasteiger partial charge in [-0.3, -0.25) is 24.0 Å².